The van der Waals surface area contributed by atoms with Crippen LogP contribution in [0.25, 0.3) is 0 Å². The van der Waals surface area contributed by atoms with Crippen LogP contribution in [0.1, 0.15) is 326 Å². The van der Waals surface area contributed by atoms with Crippen molar-refractivity contribution in [3.8, 4) is 0 Å². The Hall–Kier alpha value is -3.64. The molecule has 0 radical (unpaired) electrons. The van der Waals surface area contributed by atoms with Crippen LogP contribution in [0.4, 0.5) is 0 Å². The third-order valence-corrected chi connectivity index (χ3v) is 16.7. The minimum Gasteiger partial charge on any atom is -0.744 e. The molecule has 0 aliphatic carbocycles. The van der Waals surface area contributed by atoms with Crippen molar-refractivity contribution in [1.82, 2.24) is 0 Å². The van der Waals surface area contributed by atoms with E-state index in [2.05, 4.69) is 76.3 Å². The molecule has 0 amide bonds. The summed E-state index contributed by atoms with van der Waals surface area (Å²) >= 11 is 0. The topological polar surface area (TPSA) is 220 Å². The zero-order chi connectivity index (χ0) is 64.6. The monoisotopic (exact) mass is 1310 g/mol. The van der Waals surface area contributed by atoms with Gasteiger partial charge in [-0.3, -0.25) is 0 Å². The van der Waals surface area contributed by atoms with Gasteiger partial charge in [0, 0.05) is 0 Å². The maximum Gasteiger partial charge on any atom is 2.00 e. The molecule has 0 N–H and O–H groups in total. The summed E-state index contributed by atoms with van der Waals surface area (Å²) < 4.78 is 90.7. The van der Waals surface area contributed by atoms with Crippen molar-refractivity contribution in [3.63, 3.8) is 0 Å². The van der Waals surface area contributed by atoms with Crippen molar-refractivity contribution in [1.29, 1.82) is 0 Å². The fourth-order valence-corrected chi connectivity index (χ4v) is 10.6. The summed E-state index contributed by atoms with van der Waals surface area (Å²) in [5.74, 6) is -3.16. The largest absolute Gasteiger partial charge is 2.00 e. The van der Waals surface area contributed by atoms with Crippen molar-refractivity contribution in [3.05, 3.63) is 107 Å². The van der Waals surface area contributed by atoms with Gasteiger partial charge in [0.25, 0.3) is 0 Å². The first-order valence-corrected chi connectivity index (χ1v) is 36.9. The van der Waals surface area contributed by atoms with E-state index in [0.29, 0.717) is 25.7 Å². The number of carbonyl (C=O) groups is 4. The molecule has 17 heteroatoms. The molecule has 2 aromatic carbocycles. The molecule has 14 nitrogen and oxygen atoms in total. The molecule has 0 aliphatic rings. The summed E-state index contributed by atoms with van der Waals surface area (Å²) in [6.45, 7) is 9.52. The summed E-state index contributed by atoms with van der Waals surface area (Å²) in [5, 5.41) is 0. The van der Waals surface area contributed by atoms with Gasteiger partial charge in [0.1, 0.15) is 20.2 Å². The van der Waals surface area contributed by atoms with Gasteiger partial charge in [0.15, 0.2) is 0 Å². The Bertz CT molecular complexity index is 2330. The average Bonchev–Trinajstić information content (AvgIpc) is 3.12. The number of rotatable bonds is 54. The fourth-order valence-electron chi connectivity index (χ4n) is 9.59. The Labute approximate surface area is 569 Å². The average molecular weight is 1310 g/mol. The summed E-state index contributed by atoms with van der Waals surface area (Å²) in [4.78, 5) is 49.9. The molecule has 0 spiro atoms. The molecular weight excluding hydrogens is 1190 g/mol. The van der Waals surface area contributed by atoms with E-state index in [0.717, 1.165) is 165 Å². The van der Waals surface area contributed by atoms with Crippen molar-refractivity contribution in [2.75, 3.05) is 26.4 Å². The molecule has 0 saturated heterocycles. The third-order valence-electron chi connectivity index (χ3n) is 15.0. The zero-order valence-corrected chi connectivity index (χ0v) is 59.3. The van der Waals surface area contributed by atoms with Crippen LogP contribution in [-0.4, -0.2) is 114 Å². The van der Waals surface area contributed by atoms with Gasteiger partial charge in [-0.2, -0.15) is 0 Å². The van der Waals surface area contributed by atoms with Crippen LogP contribution in [0.3, 0.4) is 0 Å². The molecule has 0 aliphatic heterocycles. The van der Waals surface area contributed by atoms with Crippen LogP contribution in [0.15, 0.2) is 94.8 Å². The Balaban J connectivity index is 0.00000172. The molecule has 0 atom stereocenters. The number of hydrogen-bond donors (Lipinski definition) is 0. The zero-order valence-electron chi connectivity index (χ0n) is 55.4. The Morgan fingerprint density at radius 2 is 0.494 bits per heavy atom. The van der Waals surface area contributed by atoms with Crippen molar-refractivity contribution < 1.29 is 64.1 Å². The van der Waals surface area contributed by atoms with E-state index in [1.165, 1.54) is 103 Å². The van der Waals surface area contributed by atoms with E-state index < -0.39 is 53.9 Å². The van der Waals surface area contributed by atoms with Gasteiger partial charge in [-0.25, -0.2) is 36.0 Å². The second-order valence-electron chi connectivity index (χ2n) is 23.0. The van der Waals surface area contributed by atoms with Crippen LogP contribution >= 0.6 is 0 Å². The standard InChI is InChI=1S/2C36H58O7S.Ca/c2*1-3-5-7-9-11-13-15-17-19-21-23-25-29-42-35(37)33-28-27-32(44(39,40)41)31-34(33)36(38)43-30-26-24-22-20-18-16-14-12-10-8-6-4-2;/h2*13-16,27-28,31H,3-12,17-26,29-30H2,1-2H3,(H,39,40,41);/q;;+2/p-2/b2*15-13+,16-14+;. The van der Waals surface area contributed by atoms with Crippen molar-refractivity contribution in [2.24, 2.45) is 0 Å². The van der Waals surface area contributed by atoms with Gasteiger partial charge in [-0.05, 0) is 165 Å². The minimum absolute atomic E-state index is 0. The van der Waals surface area contributed by atoms with E-state index in [9.17, 15) is 45.1 Å². The maximum absolute atomic E-state index is 12.8. The van der Waals surface area contributed by atoms with Gasteiger partial charge in [-0.1, -0.05) is 205 Å². The van der Waals surface area contributed by atoms with E-state index in [-0.39, 0.29) is 86.4 Å². The number of hydrogen-bond acceptors (Lipinski definition) is 14. The normalized spacial score (nSPS) is 11.8. The fraction of sp³-hybridized carbons (Fsp3) is 0.667. The molecular formula is C72H114CaO14S2. The molecule has 0 heterocycles. The third kappa shape index (κ3) is 47.0. The van der Waals surface area contributed by atoms with Crippen LogP contribution in [-0.2, 0) is 39.2 Å². The molecule has 500 valence electrons. The Morgan fingerprint density at radius 3 is 0.697 bits per heavy atom. The molecule has 2 rings (SSSR count). The molecule has 0 saturated carbocycles. The van der Waals surface area contributed by atoms with Gasteiger partial charge in [0.05, 0.1) is 58.5 Å². The Kier molecular flexibility index (Phi) is 55.8. The van der Waals surface area contributed by atoms with Gasteiger partial charge in [-0.15, -0.1) is 0 Å². The summed E-state index contributed by atoms with van der Waals surface area (Å²) in [6, 6.07) is 6.16. The first-order chi connectivity index (χ1) is 42.6. The first kappa shape index (κ1) is 85.4. The number of unbranched alkanes of at least 4 members (excludes halogenated alkanes) is 32. The predicted octanol–water partition coefficient (Wildman–Crippen LogP) is 19.3. The predicted molar refractivity (Wildman–Crippen MR) is 360 cm³/mol. The molecule has 0 aromatic heterocycles. The van der Waals surface area contributed by atoms with Gasteiger partial charge in [0.2, 0.25) is 0 Å². The second kappa shape index (κ2) is 58.2. The van der Waals surface area contributed by atoms with Crippen LogP contribution in [0, 0.1) is 0 Å². The number of allylic oxidation sites excluding steroid dienone is 8. The number of carbonyl (C=O) groups excluding carboxylic acids is 4. The van der Waals surface area contributed by atoms with Gasteiger partial charge >= 0.3 is 61.6 Å². The summed E-state index contributed by atoms with van der Waals surface area (Å²) in [5.41, 5.74) is -0.740. The van der Waals surface area contributed by atoms with Crippen LogP contribution in [0.5, 0.6) is 0 Å². The van der Waals surface area contributed by atoms with Crippen molar-refractivity contribution >= 4 is 81.9 Å². The second-order valence-corrected chi connectivity index (χ2v) is 25.7. The molecule has 0 bridgehead atoms. The van der Waals surface area contributed by atoms with Crippen LogP contribution in [0.2, 0.25) is 0 Å². The summed E-state index contributed by atoms with van der Waals surface area (Å²) in [7, 11) is -9.62. The van der Waals surface area contributed by atoms with E-state index in [1.807, 2.05) is 0 Å². The van der Waals surface area contributed by atoms with Gasteiger partial charge < -0.3 is 28.1 Å². The molecule has 89 heavy (non-hydrogen) atoms. The molecule has 0 unspecified atom stereocenters. The summed E-state index contributed by atoms with van der Waals surface area (Å²) in [6.07, 6.45) is 61.7. The Morgan fingerprint density at radius 1 is 0.303 bits per heavy atom. The number of ether oxygens (including phenoxy) is 4. The quantitative estimate of drug-likeness (QED) is 0.0150. The maximum atomic E-state index is 12.8. The number of esters is 4. The molecule has 0 fully saturated rings. The van der Waals surface area contributed by atoms with E-state index in [1.54, 1.807) is 0 Å². The first-order valence-electron chi connectivity index (χ1n) is 34.1. The molecule has 2 aromatic rings. The smallest absolute Gasteiger partial charge is 0.744 e. The number of benzene rings is 2. The van der Waals surface area contributed by atoms with E-state index >= 15 is 0 Å². The van der Waals surface area contributed by atoms with Crippen LogP contribution < -0.4 is 0 Å². The minimum atomic E-state index is -4.81. The SMILES string of the molecule is CCCCCC/C=C/CCCCCCOC(=O)c1ccc(S(=O)(=O)[O-])cc1C(=O)OCCCCCC/C=C/CCCCCC.CCCCCC/C=C/CCCCCCOC(=O)c1ccc(S(=O)(=O)[O-])cc1C(=O)OCCCCCC/C=C/CCCCCC.[Ca+2]. The van der Waals surface area contributed by atoms with E-state index in [4.69, 9.17) is 18.9 Å². The van der Waals surface area contributed by atoms with Crippen molar-refractivity contribution in [2.45, 2.75) is 294 Å².